The van der Waals surface area contributed by atoms with E-state index in [-0.39, 0.29) is 5.71 Å². The standard InChI is InChI=1S/C11H9N3O/c12-11(15)10-9-4-2-1-3-8(9)7-13-5-6-14-10/h1-7H,(H2,12,15). The zero-order chi connectivity index (χ0) is 10.7. The van der Waals surface area contributed by atoms with Gasteiger partial charge in [0.1, 0.15) is 5.71 Å². The molecule has 0 atom stereocenters. The van der Waals surface area contributed by atoms with Crippen molar-refractivity contribution in [1.82, 2.24) is 0 Å². The smallest absolute Gasteiger partial charge is 0.267 e. The van der Waals surface area contributed by atoms with Crippen molar-refractivity contribution >= 4 is 17.8 Å². The molecule has 0 unspecified atom stereocenters. The number of fused-ring (bicyclic) bond motifs is 1. The number of aliphatic imine (C=N–C) groups is 2. The van der Waals surface area contributed by atoms with E-state index in [2.05, 4.69) is 9.98 Å². The van der Waals surface area contributed by atoms with Gasteiger partial charge in [0.25, 0.3) is 5.91 Å². The number of hydrogen-bond donors (Lipinski definition) is 1. The summed E-state index contributed by atoms with van der Waals surface area (Å²) in [5, 5.41) is 0. The third-order valence-corrected chi connectivity index (χ3v) is 2.02. The molecule has 0 aliphatic carbocycles. The Labute approximate surface area is 86.9 Å². The van der Waals surface area contributed by atoms with Crippen molar-refractivity contribution in [1.29, 1.82) is 0 Å². The van der Waals surface area contributed by atoms with Crippen molar-refractivity contribution in [3.63, 3.8) is 0 Å². The molecule has 1 aromatic rings. The molecule has 1 aliphatic heterocycles. The van der Waals surface area contributed by atoms with Gasteiger partial charge in [-0.3, -0.25) is 9.79 Å². The Kier molecular flexibility index (Phi) is 2.41. The van der Waals surface area contributed by atoms with Crippen LogP contribution in [0.25, 0.3) is 0 Å². The summed E-state index contributed by atoms with van der Waals surface area (Å²) in [5.41, 5.74) is 7.05. The SMILES string of the molecule is NC(=O)C1=NC=CN=Cc2ccccc21. The Bertz CT molecular complexity index is 486. The third kappa shape index (κ3) is 1.83. The van der Waals surface area contributed by atoms with E-state index in [1.807, 2.05) is 18.2 Å². The van der Waals surface area contributed by atoms with Gasteiger partial charge in [-0.05, 0) is 0 Å². The number of benzene rings is 1. The lowest BCUT2D eigenvalue weighted by Gasteiger charge is -2.06. The van der Waals surface area contributed by atoms with Crippen LogP contribution in [-0.4, -0.2) is 17.8 Å². The number of primary amides is 1. The van der Waals surface area contributed by atoms with E-state index in [0.717, 1.165) is 5.56 Å². The lowest BCUT2D eigenvalue weighted by Crippen LogP contribution is -2.25. The lowest BCUT2D eigenvalue weighted by molar-refractivity contribution is -0.111. The predicted octanol–water partition coefficient (Wildman–Crippen LogP) is 0.865. The van der Waals surface area contributed by atoms with Gasteiger partial charge in [0, 0.05) is 29.7 Å². The fourth-order valence-electron chi connectivity index (χ4n) is 1.36. The fourth-order valence-corrected chi connectivity index (χ4v) is 1.36. The predicted molar refractivity (Wildman–Crippen MR) is 58.9 cm³/mol. The van der Waals surface area contributed by atoms with Crippen LogP contribution >= 0.6 is 0 Å². The average molecular weight is 199 g/mol. The number of nitrogens with two attached hydrogens (primary N) is 1. The van der Waals surface area contributed by atoms with Crippen molar-refractivity contribution < 1.29 is 4.79 Å². The van der Waals surface area contributed by atoms with E-state index in [4.69, 9.17) is 5.73 Å². The lowest BCUT2D eigenvalue weighted by atomic mass is 10.0. The van der Waals surface area contributed by atoms with Crippen LogP contribution in [0.4, 0.5) is 0 Å². The van der Waals surface area contributed by atoms with Crippen molar-refractivity contribution in [2.45, 2.75) is 0 Å². The molecule has 0 radical (unpaired) electrons. The summed E-state index contributed by atoms with van der Waals surface area (Å²) in [7, 11) is 0. The summed E-state index contributed by atoms with van der Waals surface area (Å²) in [5.74, 6) is -0.539. The van der Waals surface area contributed by atoms with Crippen molar-refractivity contribution in [2.75, 3.05) is 0 Å². The van der Waals surface area contributed by atoms with Gasteiger partial charge in [0.15, 0.2) is 0 Å². The van der Waals surface area contributed by atoms with E-state index in [1.165, 1.54) is 12.4 Å². The molecule has 2 rings (SSSR count). The highest BCUT2D eigenvalue weighted by Crippen LogP contribution is 2.10. The molecule has 0 aromatic heterocycles. The van der Waals surface area contributed by atoms with Crippen LogP contribution in [0.1, 0.15) is 11.1 Å². The summed E-state index contributed by atoms with van der Waals surface area (Å²) in [6.45, 7) is 0. The van der Waals surface area contributed by atoms with Crippen molar-refractivity contribution in [2.24, 2.45) is 15.7 Å². The summed E-state index contributed by atoms with van der Waals surface area (Å²) in [6.07, 6.45) is 4.63. The average Bonchev–Trinajstić information content (AvgIpc) is 2.18. The molecule has 0 bridgehead atoms. The Morgan fingerprint density at radius 1 is 1.20 bits per heavy atom. The largest absolute Gasteiger partial charge is 0.364 e. The zero-order valence-corrected chi connectivity index (χ0v) is 7.92. The van der Waals surface area contributed by atoms with Crippen LogP contribution in [0.15, 0.2) is 46.7 Å². The Hall–Kier alpha value is -2.23. The van der Waals surface area contributed by atoms with Gasteiger partial charge in [0.05, 0.1) is 0 Å². The molecule has 74 valence electrons. The molecular formula is C11H9N3O. The first-order valence-corrected chi connectivity index (χ1v) is 4.44. The van der Waals surface area contributed by atoms with Gasteiger partial charge in [0.2, 0.25) is 0 Å². The second-order valence-corrected chi connectivity index (χ2v) is 3.01. The molecule has 1 aliphatic rings. The highest BCUT2D eigenvalue weighted by Gasteiger charge is 2.13. The summed E-state index contributed by atoms with van der Waals surface area (Å²) in [6, 6.07) is 7.35. The number of nitrogens with zero attached hydrogens (tertiary/aromatic N) is 2. The molecule has 1 amide bonds. The molecule has 0 fully saturated rings. The fraction of sp³-hybridized carbons (Fsp3) is 0. The maximum absolute atomic E-state index is 11.2. The van der Waals surface area contributed by atoms with E-state index in [0.29, 0.717) is 5.56 Å². The summed E-state index contributed by atoms with van der Waals surface area (Å²) in [4.78, 5) is 19.2. The van der Waals surface area contributed by atoms with E-state index in [1.54, 1.807) is 12.3 Å². The van der Waals surface area contributed by atoms with E-state index >= 15 is 0 Å². The molecule has 0 spiro atoms. The van der Waals surface area contributed by atoms with Crippen LogP contribution in [0.2, 0.25) is 0 Å². The first-order valence-electron chi connectivity index (χ1n) is 4.44. The van der Waals surface area contributed by atoms with Crippen LogP contribution in [0.5, 0.6) is 0 Å². The number of hydrogen-bond acceptors (Lipinski definition) is 3. The molecule has 1 heterocycles. The van der Waals surface area contributed by atoms with Gasteiger partial charge in [-0.15, -0.1) is 0 Å². The molecule has 0 saturated carbocycles. The van der Waals surface area contributed by atoms with Crippen molar-refractivity contribution in [3.8, 4) is 0 Å². The number of carbonyl (C=O) groups is 1. The minimum absolute atomic E-state index is 0.257. The first kappa shape index (κ1) is 9.33. The Balaban J connectivity index is 2.63. The maximum Gasteiger partial charge on any atom is 0.267 e. The molecule has 4 nitrogen and oxygen atoms in total. The van der Waals surface area contributed by atoms with Gasteiger partial charge in [-0.1, -0.05) is 24.3 Å². The molecule has 15 heavy (non-hydrogen) atoms. The highest BCUT2D eigenvalue weighted by atomic mass is 16.1. The number of amides is 1. The van der Waals surface area contributed by atoms with Crippen molar-refractivity contribution in [3.05, 3.63) is 47.8 Å². The van der Waals surface area contributed by atoms with Crippen LogP contribution in [0.3, 0.4) is 0 Å². The second-order valence-electron chi connectivity index (χ2n) is 3.01. The van der Waals surface area contributed by atoms with Gasteiger partial charge < -0.3 is 5.73 Å². The van der Waals surface area contributed by atoms with E-state index in [9.17, 15) is 4.79 Å². The monoisotopic (exact) mass is 199 g/mol. The first-order chi connectivity index (χ1) is 7.29. The molecular weight excluding hydrogens is 190 g/mol. The van der Waals surface area contributed by atoms with E-state index < -0.39 is 5.91 Å². The van der Waals surface area contributed by atoms with Crippen LogP contribution < -0.4 is 5.73 Å². The molecule has 2 N–H and O–H groups in total. The normalized spacial score (nSPS) is 13.7. The topological polar surface area (TPSA) is 67.8 Å². The quantitative estimate of drug-likeness (QED) is 0.716. The maximum atomic E-state index is 11.2. The molecule has 1 aromatic carbocycles. The number of carbonyl (C=O) groups excluding carboxylic acids is 1. The minimum atomic E-state index is -0.539. The Morgan fingerprint density at radius 3 is 2.80 bits per heavy atom. The second kappa shape index (κ2) is 3.88. The molecule has 0 saturated heterocycles. The van der Waals surface area contributed by atoms with Crippen LogP contribution in [0, 0.1) is 0 Å². The number of rotatable bonds is 1. The minimum Gasteiger partial charge on any atom is -0.364 e. The molecule has 4 heteroatoms. The van der Waals surface area contributed by atoms with Gasteiger partial charge >= 0.3 is 0 Å². The van der Waals surface area contributed by atoms with Gasteiger partial charge in [-0.25, -0.2) is 4.99 Å². The third-order valence-electron chi connectivity index (χ3n) is 2.02. The summed E-state index contributed by atoms with van der Waals surface area (Å²) < 4.78 is 0. The Morgan fingerprint density at radius 2 is 2.00 bits per heavy atom. The highest BCUT2D eigenvalue weighted by molar-refractivity contribution is 6.46. The van der Waals surface area contributed by atoms with Crippen LogP contribution in [-0.2, 0) is 4.79 Å². The summed E-state index contributed by atoms with van der Waals surface area (Å²) >= 11 is 0. The zero-order valence-electron chi connectivity index (χ0n) is 7.92. The van der Waals surface area contributed by atoms with Gasteiger partial charge in [-0.2, -0.15) is 0 Å².